The molecule has 0 saturated heterocycles. The molecule has 0 radical (unpaired) electrons. The van der Waals surface area contributed by atoms with E-state index in [9.17, 15) is 19.3 Å². The van der Waals surface area contributed by atoms with E-state index in [2.05, 4.69) is 0 Å². The molecule has 0 aliphatic heterocycles. The van der Waals surface area contributed by atoms with Crippen LogP contribution in [0, 0.1) is 0 Å². The zero-order valence-electron chi connectivity index (χ0n) is 15.9. The molecule has 13 heteroatoms. The third kappa shape index (κ3) is 11.7. The zero-order valence-corrected chi connectivity index (χ0v) is 16.8. The van der Waals surface area contributed by atoms with Crippen molar-refractivity contribution in [3.63, 3.8) is 0 Å². The van der Waals surface area contributed by atoms with Crippen LogP contribution in [0.15, 0.2) is 0 Å². The molecule has 0 rings (SSSR count). The molecule has 0 saturated carbocycles. The van der Waals surface area contributed by atoms with Crippen molar-refractivity contribution in [3.8, 4) is 0 Å². The second-order valence-corrected chi connectivity index (χ2v) is 7.70. The molecule has 0 aliphatic rings. The molecule has 0 fully saturated rings. The SMILES string of the molecule is NCCCCC(N)C(=O)OP(=O)(OCC(O)CO)OC(=O)C(N)CCCCN. The summed E-state index contributed by atoms with van der Waals surface area (Å²) in [5.74, 6) is -2.22. The van der Waals surface area contributed by atoms with Gasteiger partial charge in [0, 0.05) is 0 Å². The van der Waals surface area contributed by atoms with Crippen LogP contribution in [0.25, 0.3) is 0 Å². The van der Waals surface area contributed by atoms with E-state index in [0.29, 0.717) is 38.8 Å². The van der Waals surface area contributed by atoms with E-state index < -0.39 is 51.2 Å². The van der Waals surface area contributed by atoms with Crippen LogP contribution in [0.1, 0.15) is 38.5 Å². The highest BCUT2D eigenvalue weighted by Gasteiger charge is 2.38. The van der Waals surface area contributed by atoms with Crippen LogP contribution in [-0.2, 0) is 27.7 Å². The number of phosphoric ester groups is 1. The molecular formula is C15H33N4O8P. The first kappa shape index (κ1) is 26.9. The predicted octanol–water partition coefficient (Wildman–Crippen LogP) is -1.54. The van der Waals surface area contributed by atoms with Gasteiger partial charge in [0.1, 0.15) is 18.2 Å². The number of phosphoric acid groups is 1. The summed E-state index contributed by atoms with van der Waals surface area (Å²) < 4.78 is 26.9. The van der Waals surface area contributed by atoms with Crippen LogP contribution >= 0.6 is 7.82 Å². The Morgan fingerprint density at radius 3 is 1.68 bits per heavy atom. The Morgan fingerprint density at radius 2 is 1.32 bits per heavy atom. The summed E-state index contributed by atoms with van der Waals surface area (Å²) in [5.41, 5.74) is 22.0. The van der Waals surface area contributed by atoms with Gasteiger partial charge in [-0.2, -0.15) is 0 Å². The molecule has 0 aromatic rings. The van der Waals surface area contributed by atoms with Crippen molar-refractivity contribution in [3.05, 3.63) is 0 Å². The van der Waals surface area contributed by atoms with Crippen molar-refractivity contribution >= 4 is 19.8 Å². The number of hydrogen-bond acceptors (Lipinski definition) is 12. The topological polar surface area (TPSA) is 223 Å². The Morgan fingerprint density at radius 1 is 0.893 bits per heavy atom. The Labute approximate surface area is 164 Å². The normalized spacial score (nSPS) is 16.6. The van der Waals surface area contributed by atoms with Crippen LogP contribution in [-0.4, -0.2) is 66.6 Å². The smallest absolute Gasteiger partial charge is 0.394 e. The Kier molecular flexibility index (Phi) is 14.2. The molecule has 0 bridgehead atoms. The average molecular weight is 428 g/mol. The van der Waals surface area contributed by atoms with Gasteiger partial charge in [-0.25, -0.2) is 14.2 Å². The third-order valence-electron chi connectivity index (χ3n) is 3.58. The van der Waals surface area contributed by atoms with E-state index in [0.717, 1.165) is 0 Å². The third-order valence-corrected chi connectivity index (χ3v) is 4.86. The van der Waals surface area contributed by atoms with E-state index in [1.165, 1.54) is 0 Å². The molecule has 10 N–H and O–H groups in total. The van der Waals surface area contributed by atoms with Gasteiger partial charge in [0.2, 0.25) is 0 Å². The molecule has 12 nitrogen and oxygen atoms in total. The van der Waals surface area contributed by atoms with Crippen molar-refractivity contribution in [2.75, 3.05) is 26.3 Å². The first-order valence-corrected chi connectivity index (χ1v) is 10.6. The van der Waals surface area contributed by atoms with Gasteiger partial charge in [0.25, 0.3) is 0 Å². The molecule has 3 atom stereocenters. The van der Waals surface area contributed by atoms with Crippen LogP contribution in [0.3, 0.4) is 0 Å². The lowest BCUT2D eigenvalue weighted by Gasteiger charge is -2.21. The number of hydrogen-bond donors (Lipinski definition) is 6. The van der Waals surface area contributed by atoms with E-state index in [4.69, 9.17) is 41.6 Å². The highest BCUT2D eigenvalue weighted by atomic mass is 31.2. The quantitative estimate of drug-likeness (QED) is 0.122. The molecule has 0 aliphatic carbocycles. The maximum atomic E-state index is 12.7. The van der Waals surface area contributed by atoms with E-state index in [1.54, 1.807) is 0 Å². The summed E-state index contributed by atoms with van der Waals surface area (Å²) >= 11 is 0. The standard InChI is InChI=1S/C15H33N4O8P/c16-7-3-1-5-12(18)14(22)26-28(24,25-10-11(21)9-20)27-15(23)13(19)6-2-4-8-17/h11-13,20-21H,1-10,16-19H2. The lowest BCUT2D eigenvalue weighted by molar-refractivity contribution is -0.143. The van der Waals surface area contributed by atoms with Crippen LogP contribution < -0.4 is 22.9 Å². The molecule has 0 amide bonds. The largest absolute Gasteiger partial charge is 0.592 e. The van der Waals surface area contributed by atoms with Gasteiger partial charge in [-0.1, -0.05) is 12.8 Å². The minimum absolute atomic E-state index is 0.210. The highest BCUT2D eigenvalue weighted by Crippen LogP contribution is 2.50. The lowest BCUT2D eigenvalue weighted by Crippen LogP contribution is -2.35. The van der Waals surface area contributed by atoms with Gasteiger partial charge in [-0.15, -0.1) is 0 Å². The van der Waals surface area contributed by atoms with Gasteiger partial charge in [0.05, 0.1) is 13.2 Å². The molecule has 3 unspecified atom stereocenters. The average Bonchev–Trinajstić information content (AvgIpc) is 2.66. The molecular weight excluding hydrogens is 395 g/mol. The molecule has 0 spiro atoms. The van der Waals surface area contributed by atoms with E-state index in [-0.39, 0.29) is 12.8 Å². The number of carbonyl (C=O) groups excluding carboxylic acids is 2. The molecule has 0 aromatic heterocycles. The number of nitrogens with two attached hydrogens (primary N) is 4. The van der Waals surface area contributed by atoms with Crippen LogP contribution in [0.2, 0.25) is 0 Å². The van der Waals surface area contributed by atoms with Crippen molar-refractivity contribution in [2.24, 2.45) is 22.9 Å². The molecule has 28 heavy (non-hydrogen) atoms. The van der Waals surface area contributed by atoms with Gasteiger partial charge in [-0.3, -0.25) is 4.52 Å². The summed E-state index contributed by atoms with van der Waals surface area (Å²) in [6, 6.07) is -2.27. The maximum absolute atomic E-state index is 12.7. The fraction of sp³-hybridized carbons (Fsp3) is 0.867. The van der Waals surface area contributed by atoms with Crippen molar-refractivity contribution in [2.45, 2.75) is 56.7 Å². The van der Waals surface area contributed by atoms with Gasteiger partial charge in [-0.05, 0) is 38.8 Å². The Bertz CT molecular complexity index is 476. The van der Waals surface area contributed by atoms with Crippen LogP contribution in [0.5, 0.6) is 0 Å². The molecule has 0 heterocycles. The van der Waals surface area contributed by atoms with Crippen molar-refractivity contribution < 1.29 is 37.9 Å². The minimum Gasteiger partial charge on any atom is -0.394 e. The Balaban J connectivity index is 4.97. The second-order valence-electron chi connectivity index (χ2n) is 6.18. The number of rotatable bonds is 16. The molecule has 166 valence electrons. The van der Waals surface area contributed by atoms with Crippen molar-refractivity contribution in [1.29, 1.82) is 0 Å². The van der Waals surface area contributed by atoms with Crippen LogP contribution in [0.4, 0.5) is 0 Å². The van der Waals surface area contributed by atoms with Crippen molar-refractivity contribution in [1.82, 2.24) is 0 Å². The fourth-order valence-electron chi connectivity index (χ4n) is 1.91. The first-order valence-electron chi connectivity index (χ1n) is 9.10. The first-order chi connectivity index (χ1) is 13.2. The van der Waals surface area contributed by atoms with Gasteiger partial charge in [0.15, 0.2) is 0 Å². The Hall–Kier alpha value is -1.11. The fourth-order valence-corrected chi connectivity index (χ4v) is 3.12. The lowest BCUT2D eigenvalue weighted by atomic mass is 10.1. The summed E-state index contributed by atoms with van der Waals surface area (Å²) in [4.78, 5) is 24.1. The zero-order chi connectivity index (χ0) is 21.6. The number of unbranched alkanes of at least 4 members (excludes halogenated alkanes) is 2. The van der Waals surface area contributed by atoms with Gasteiger partial charge >= 0.3 is 19.8 Å². The van der Waals surface area contributed by atoms with Gasteiger partial charge < -0.3 is 42.2 Å². The summed E-state index contributed by atoms with van der Waals surface area (Å²) in [5, 5.41) is 18.2. The minimum atomic E-state index is -4.76. The predicted molar refractivity (Wildman–Crippen MR) is 101 cm³/mol. The number of carbonyl (C=O) groups is 2. The number of aliphatic hydroxyl groups excluding tert-OH is 2. The van der Waals surface area contributed by atoms with E-state index >= 15 is 0 Å². The highest BCUT2D eigenvalue weighted by molar-refractivity contribution is 7.49. The summed E-state index contributed by atoms with van der Waals surface area (Å²) in [6.45, 7) is -0.581. The maximum Gasteiger partial charge on any atom is 0.592 e. The summed E-state index contributed by atoms with van der Waals surface area (Å²) in [6.07, 6.45) is 1.32. The molecule has 0 aromatic carbocycles. The van der Waals surface area contributed by atoms with E-state index in [1.807, 2.05) is 0 Å². The number of aliphatic hydroxyl groups is 2. The summed E-state index contributed by atoms with van der Waals surface area (Å²) in [7, 11) is -4.76. The second kappa shape index (κ2) is 14.8. The monoisotopic (exact) mass is 428 g/mol.